The van der Waals surface area contributed by atoms with Gasteiger partial charge in [0.2, 0.25) is 0 Å². The van der Waals surface area contributed by atoms with Crippen LogP contribution in [0.4, 0.5) is 5.69 Å². The van der Waals surface area contributed by atoms with E-state index in [1.54, 1.807) is 5.56 Å². The third-order valence-electron chi connectivity index (χ3n) is 4.14. The lowest BCUT2D eigenvalue weighted by Gasteiger charge is -2.34. The second kappa shape index (κ2) is 6.65. The summed E-state index contributed by atoms with van der Waals surface area (Å²) in [6.07, 6.45) is 5.22. The predicted octanol–water partition coefficient (Wildman–Crippen LogP) is 3.34. The number of para-hydroxylation sites is 1. The van der Waals surface area contributed by atoms with Crippen molar-refractivity contribution in [3.63, 3.8) is 0 Å². The van der Waals surface area contributed by atoms with Crippen LogP contribution in [-0.4, -0.2) is 19.1 Å². The van der Waals surface area contributed by atoms with Crippen molar-refractivity contribution in [2.24, 2.45) is 5.73 Å². The standard InChI is InChI=1S/C14H20N2.2ClH/c15-9-8-12-11-5-1-2-6-13(11)16-10-4-3-7-14(12)16;;/h1-2,5-6,12,14H,3-4,7-10,15H2;2*1H. The van der Waals surface area contributed by atoms with Crippen molar-refractivity contribution in [2.75, 3.05) is 18.0 Å². The topological polar surface area (TPSA) is 29.3 Å². The summed E-state index contributed by atoms with van der Waals surface area (Å²) in [5.41, 5.74) is 8.79. The van der Waals surface area contributed by atoms with E-state index in [2.05, 4.69) is 29.2 Å². The number of benzene rings is 1. The van der Waals surface area contributed by atoms with E-state index in [1.807, 2.05) is 0 Å². The first-order valence-corrected chi connectivity index (χ1v) is 6.47. The Bertz CT molecular complexity index is 384. The van der Waals surface area contributed by atoms with Gasteiger partial charge in [0.25, 0.3) is 0 Å². The normalized spacial score (nSPS) is 24.6. The monoisotopic (exact) mass is 288 g/mol. The Balaban J connectivity index is 0.000000810. The molecule has 2 aliphatic heterocycles. The lowest BCUT2D eigenvalue weighted by atomic mass is 9.88. The minimum Gasteiger partial charge on any atom is -0.368 e. The van der Waals surface area contributed by atoms with E-state index >= 15 is 0 Å². The first kappa shape index (κ1) is 15.6. The molecular weight excluding hydrogens is 267 g/mol. The predicted molar refractivity (Wildman–Crippen MR) is 82.3 cm³/mol. The Morgan fingerprint density at radius 3 is 2.72 bits per heavy atom. The van der Waals surface area contributed by atoms with Crippen molar-refractivity contribution < 1.29 is 0 Å². The van der Waals surface area contributed by atoms with E-state index in [1.165, 1.54) is 31.5 Å². The Morgan fingerprint density at radius 1 is 1.17 bits per heavy atom. The number of hydrogen-bond donors (Lipinski definition) is 1. The average Bonchev–Trinajstić information content (AvgIpc) is 2.66. The number of piperidine rings is 1. The van der Waals surface area contributed by atoms with Crippen LogP contribution in [0.2, 0.25) is 0 Å². The van der Waals surface area contributed by atoms with Crippen LogP contribution in [0.25, 0.3) is 0 Å². The van der Waals surface area contributed by atoms with Crippen LogP contribution < -0.4 is 10.6 Å². The molecule has 1 saturated heterocycles. The van der Waals surface area contributed by atoms with Crippen LogP contribution in [0.5, 0.6) is 0 Å². The minimum absolute atomic E-state index is 0. The molecule has 0 spiro atoms. The number of nitrogens with two attached hydrogens (primary N) is 1. The van der Waals surface area contributed by atoms with Crippen LogP contribution in [0, 0.1) is 0 Å². The van der Waals surface area contributed by atoms with Gasteiger partial charge in [0.1, 0.15) is 0 Å². The highest BCUT2D eigenvalue weighted by atomic mass is 35.5. The molecule has 0 bridgehead atoms. The molecule has 0 aliphatic carbocycles. The van der Waals surface area contributed by atoms with E-state index in [4.69, 9.17) is 5.73 Å². The summed E-state index contributed by atoms with van der Waals surface area (Å²) in [4.78, 5) is 2.62. The number of hydrogen-bond acceptors (Lipinski definition) is 2. The van der Waals surface area contributed by atoms with Gasteiger partial charge in [-0.2, -0.15) is 0 Å². The highest BCUT2D eigenvalue weighted by Crippen LogP contribution is 2.45. The fraction of sp³-hybridized carbons (Fsp3) is 0.571. The van der Waals surface area contributed by atoms with Crippen LogP contribution in [-0.2, 0) is 0 Å². The van der Waals surface area contributed by atoms with Crippen molar-refractivity contribution in [3.05, 3.63) is 29.8 Å². The first-order chi connectivity index (χ1) is 7.92. The molecule has 1 aromatic rings. The quantitative estimate of drug-likeness (QED) is 0.905. The average molecular weight is 289 g/mol. The molecular formula is C14H22Cl2N2. The number of halogens is 2. The van der Waals surface area contributed by atoms with E-state index in [-0.39, 0.29) is 24.8 Å². The third-order valence-corrected chi connectivity index (χ3v) is 4.14. The van der Waals surface area contributed by atoms with Gasteiger partial charge in [-0.1, -0.05) is 18.2 Å². The summed E-state index contributed by atoms with van der Waals surface area (Å²) in [6.45, 7) is 2.05. The minimum atomic E-state index is 0. The second-order valence-electron chi connectivity index (χ2n) is 5.00. The summed E-state index contributed by atoms with van der Waals surface area (Å²) in [7, 11) is 0. The zero-order chi connectivity index (χ0) is 11.0. The number of fused-ring (bicyclic) bond motifs is 3. The molecule has 2 heterocycles. The SMILES string of the molecule is Cl.Cl.NCCC1c2ccccc2N2CCCCC12. The maximum Gasteiger partial charge on any atom is 0.0405 e. The first-order valence-electron chi connectivity index (χ1n) is 6.47. The molecule has 4 heteroatoms. The van der Waals surface area contributed by atoms with Crippen molar-refractivity contribution in [3.8, 4) is 0 Å². The highest BCUT2D eigenvalue weighted by Gasteiger charge is 2.38. The Morgan fingerprint density at radius 2 is 1.94 bits per heavy atom. The van der Waals surface area contributed by atoms with Gasteiger partial charge in [-0.25, -0.2) is 0 Å². The van der Waals surface area contributed by atoms with E-state index < -0.39 is 0 Å². The third kappa shape index (κ3) is 2.47. The number of anilines is 1. The maximum absolute atomic E-state index is 5.77. The van der Waals surface area contributed by atoms with E-state index in [9.17, 15) is 0 Å². The molecule has 0 radical (unpaired) electrons. The molecule has 1 fully saturated rings. The van der Waals surface area contributed by atoms with Gasteiger partial charge in [0.15, 0.2) is 0 Å². The van der Waals surface area contributed by atoms with Crippen LogP contribution in [0.15, 0.2) is 24.3 Å². The van der Waals surface area contributed by atoms with Crippen molar-refractivity contribution in [1.82, 2.24) is 0 Å². The molecule has 2 N–H and O–H groups in total. The van der Waals surface area contributed by atoms with E-state index in [0.717, 1.165) is 19.0 Å². The van der Waals surface area contributed by atoms with Crippen LogP contribution >= 0.6 is 24.8 Å². The molecule has 1 aromatic carbocycles. The summed E-state index contributed by atoms with van der Waals surface area (Å²) in [5.74, 6) is 0.682. The van der Waals surface area contributed by atoms with Gasteiger partial charge in [0.05, 0.1) is 0 Å². The largest absolute Gasteiger partial charge is 0.368 e. The molecule has 2 unspecified atom stereocenters. The summed E-state index contributed by atoms with van der Waals surface area (Å²) >= 11 is 0. The zero-order valence-corrected chi connectivity index (χ0v) is 12.2. The Labute approximate surface area is 122 Å². The molecule has 0 amide bonds. The van der Waals surface area contributed by atoms with Gasteiger partial charge in [0, 0.05) is 24.2 Å². The molecule has 18 heavy (non-hydrogen) atoms. The van der Waals surface area contributed by atoms with Crippen molar-refractivity contribution in [2.45, 2.75) is 37.6 Å². The molecule has 0 saturated carbocycles. The van der Waals surface area contributed by atoms with Gasteiger partial charge < -0.3 is 10.6 Å². The lowest BCUT2D eigenvalue weighted by Crippen LogP contribution is -2.38. The smallest absolute Gasteiger partial charge is 0.0405 e. The molecule has 2 atom stereocenters. The van der Waals surface area contributed by atoms with Crippen LogP contribution in [0.3, 0.4) is 0 Å². The van der Waals surface area contributed by atoms with Crippen molar-refractivity contribution in [1.29, 1.82) is 0 Å². The fourth-order valence-corrected chi connectivity index (χ4v) is 3.47. The van der Waals surface area contributed by atoms with E-state index in [0.29, 0.717) is 5.92 Å². The van der Waals surface area contributed by atoms with Crippen molar-refractivity contribution >= 4 is 30.5 Å². The molecule has 2 nitrogen and oxygen atoms in total. The molecule has 2 aliphatic rings. The second-order valence-corrected chi connectivity index (χ2v) is 5.00. The summed E-state index contributed by atoms with van der Waals surface area (Å²) < 4.78 is 0. The summed E-state index contributed by atoms with van der Waals surface area (Å²) in [5, 5.41) is 0. The van der Waals surface area contributed by atoms with Gasteiger partial charge in [-0.15, -0.1) is 24.8 Å². The molecule has 0 aromatic heterocycles. The fourth-order valence-electron chi connectivity index (χ4n) is 3.47. The Hall–Kier alpha value is -0.440. The maximum atomic E-state index is 5.77. The number of rotatable bonds is 2. The molecule has 102 valence electrons. The number of nitrogens with zero attached hydrogens (tertiary/aromatic N) is 1. The van der Waals surface area contributed by atoms with Gasteiger partial charge in [-0.05, 0) is 43.9 Å². The summed E-state index contributed by atoms with van der Waals surface area (Å²) in [6, 6.07) is 9.64. The van der Waals surface area contributed by atoms with Gasteiger partial charge >= 0.3 is 0 Å². The van der Waals surface area contributed by atoms with Crippen LogP contribution in [0.1, 0.15) is 37.2 Å². The molecule has 3 rings (SSSR count). The lowest BCUT2D eigenvalue weighted by molar-refractivity contribution is 0.415. The Kier molecular flexibility index (Phi) is 5.77. The van der Waals surface area contributed by atoms with Gasteiger partial charge in [-0.3, -0.25) is 0 Å². The highest BCUT2D eigenvalue weighted by molar-refractivity contribution is 5.85. The zero-order valence-electron chi connectivity index (χ0n) is 10.5.